The number of amides is 6. The van der Waals surface area contributed by atoms with Gasteiger partial charge >= 0.3 is 0 Å². The zero-order valence-corrected chi connectivity index (χ0v) is 37.7. The second kappa shape index (κ2) is 20.5. The van der Waals surface area contributed by atoms with Crippen LogP contribution in [0.25, 0.3) is 11.1 Å². The van der Waals surface area contributed by atoms with Crippen LogP contribution in [0.2, 0.25) is 0 Å². The number of aliphatic hydroxyl groups is 4. The Kier molecular flexibility index (Phi) is 15.2. The van der Waals surface area contributed by atoms with Crippen LogP contribution in [-0.2, 0) is 52.8 Å². The minimum absolute atomic E-state index is 0.00968. The number of methoxy groups -OCH3 is 1. The Morgan fingerprint density at radius 1 is 0.652 bits per heavy atom. The molecule has 6 amide bonds. The summed E-state index contributed by atoms with van der Waals surface area (Å²) in [5, 5.41) is 60.8. The highest BCUT2D eigenvalue weighted by atomic mass is 16.7. The van der Waals surface area contributed by atoms with E-state index in [1.807, 2.05) is 0 Å². The van der Waals surface area contributed by atoms with Crippen LogP contribution in [0.15, 0.2) is 60.7 Å². The van der Waals surface area contributed by atoms with Crippen LogP contribution in [0.5, 0.6) is 17.2 Å². The van der Waals surface area contributed by atoms with Crippen LogP contribution in [0.1, 0.15) is 37.5 Å². The van der Waals surface area contributed by atoms with Crippen LogP contribution in [0.4, 0.5) is 0 Å². The van der Waals surface area contributed by atoms with Crippen molar-refractivity contribution in [2.24, 2.45) is 0 Å². The quantitative estimate of drug-likeness (QED) is 0.141. The molecule has 6 bridgehead atoms. The molecule has 8 N–H and O–H groups in total. The van der Waals surface area contributed by atoms with Gasteiger partial charge in [-0.2, -0.15) is 0 Å². The van der Waals surface area contributed by atoms with Gasteiger partial charge in [-0.05, 0) is 73.9 Å². The van der Waals surface area contributed by atoms with Gasteiger partial charge in [0.2, 0.25) is 41.7 Å². The molecule has 20 heteroatoms. The van der Waals surface area contributed by atoms with Gasteiger partial charge in [-0.1, -0.05) is 24.3 Å². The Labute approximate surface area is 381 Å². The van der Waals surface area contributed by atoms with Gasteiger partial charge in [-0.3, -0.25) is 28.8 Å². The SMILES string of the molecule is COc1ccc(C[C@H]2C(=O)N[C@@H](C)C(=O)N(C)[C@H]3Cc4ccc(O)c(c4)-c4cc(ccc4O[C@@H]4O[C@H](CO)[C@@H](O)[C@H](O)[C@H]4O)C[C@@H](C(=O)N[C@H](C)C(=O)N[C@@H](C)C(=O)N2C)N(C)C3=O)cc1. The Hall–Kier alpha value is -6.32. The monoisotopic (exact) mass is 918 g/mol. The smallest absolute Gasteiger partial charge is 0.246 e. The zero-order valence-electron chi connectivity index (χ0n) is 37.7. The number of benzene rings is 3. The van der Waals surface area contributed by atoms with Gasteiger partial charge in [-0.25, -0.2) is 0 Å². The number of aromatic hydroxyl groups is 1. The van der Waals surface area contributed by atoms with Crippen LogP contribution in [-0.4, -0.2) is 177 Å². The maximum absolute atomic E-state index is 14.8. The Morgan fingerprint density at radius 2 is 1.21 bits per heavy atom. The normalized spacial score (nSPS) is 29.4. The molecule has 3 aromatic rings. The number of rotatable bonds is 6. The number of likely N-dealkylation sites (N-methyl/N-ethyl adjacent to an activating group) is 3. The van der Waals surface area contributed by atoms with Crippen molar-refractivity contribution in [2.75, 3.05) is 34.9 Å². The first-order valence-electron chi connectivity index (χ1n) is 21.5. The van der Waals surface area contributed by atoms with Crippen molar-refractivity contribution < 1.29 is 68.5 Å². The number of hydrogen-bond donors (Lipinski definition) is 8. The lowest BCUT2D eigenvalue weighted by Gasteiger charge is -2.39. The molecular weight excluding hydrogens is 861 g/mol. The molecular formula is C46H58N6O14. The summed E-state index contributed by atoms with van der Waals surface area (Å²) in [6.45, 7) is 3.56. The van der Waals surface area contributed by atoms with Crippen LogP contribution < -0.4 is 25.4 Å². The van der Waals surface area contributed by atoms with E-state index >= 15 is 0 Å². The fraction of sp³-hybridized carbons (Fsp3) is 0.478. The number of nitrogens with zero attached hydrogens (tertiary/aromatic N) is 3. The topological polar surface area (TPSA) is 277 Å². The zero-order chi connectivity index (χ0) is 48.3. The van der Waals surface area contributed by atoms with Crippen LogP contribution >= 0.6 is 0 Å². The van der Waals surface area contributed by atoms with Crippen molar-refractivity contribution in [3.05, 3.63) is 77.4 Å². The highest BCUT2D eigenvalue weighted by molar-refractivity contribution is 5.98. The molecule has 0 radical (unpaired) electrons. The fourth-order valence-electron chi connectivity index (χ4n) is 8.32. The van der Waals surface area contributed by atoms with Crippen LogP contribution in [0, 0.1) is 0 Å². The first kappa shape index (κ1) is 49.1. The predicted molar refractivity (Wildman–Crippen MR) is 235 cm³/mol. The van der Waals surface area contributed by atoms with Gasteiger partial charge in [0, 0.05) is 51.5 Å². The number of phenolic OH excluding ortho intramolecular Hbond substituents is 1. The van der Waals surface area contributed by atoms with E-state index in [1.54, 1.807) is 42.5 Å². The predicted octanol–water partition coefficient (Wildman–Crippen LogP) is -1.40. The van der Waals surface area contributed by atoms with Crippen molar-refractivity contribution in [1.29, 1.82) is 0 Å². The molecule has 3 aliphatic rings. The number of hydrogen-bond acceptors (Lipinski definition) is 14. The van der Waals surface area contributed by atoms with Crippen molar-refractivity contribution in [1.82, 2.24) is 30.7 Å². The number of ether oxygens (including phenoxy) is 3. The molecule has 6 rings (SSSR count). The van der Waals surface area contributed by atoms with Crippen LogP contribution in [0.3, 0.4) is 0 Å². The molecule has 2 fully saturated rings. The minimum Gasteiger partial charge on any atom is -0.507 e. The number of aliphatic hydroxyl groups excluding tert-OH is 4. The highest BCUT2D eigenvalue weighted by Gasteiger charge is 2.45. The summed E-state index contributed by atoms with van der Waals surface area (Å²) in [6, 6.07) is 8.40. The average molecular weight is 919 g/mol. The lowest BCUT2D eigenvalue weighted by atomic mass is 9.92. The van der Waals surface area contributed by atoms with E-state index in [1.165, 1.54) is 81.9 Å². The van der Waals surface area contributed by atoms with E-state index in [0.717, 1.165) is 0 Å². The molecule has 356 valence electrons. The lowest BCUT2D eigenvalue weighted by Crippen LogP contribution is -2.61. The first-order chi connectivity index (χ1) is 31.2. The second-order valence-electron chi connectivity index (χ2n) is 17.0. The van der Waals surface area contributed by atoms with Gasteiger partial charge in [0.25, 0.3) is 0 Å². The molecule has 3 aliphatic heterocycles. The molecule has 20 nitrogen and oxygen atoms in total. The maximum atomic E-state index is 14.8. The molecule has 11 atom stereocenters. The molecule has 0 aromatic heterocycles. The van der Waals surface area contributed by atoms with Gasteiger partial charge in [0.05, 0.1) is 13.7 Å². The van der Waals surface area contributed by atoms with Crippen molar-refractivity contribution in [3.8, 4) is 28.4 Å². The van der Waals surface area contributed by atoms with E-state index < -0.39 is 109 Å². The summed E-state index contributed by atoms with van der Waals surface area (Å²) >= 11 is 0. The molecule has 2 saturated heterocycles. The van der Waals surface area contributed by atoms with Gasteiger partial charge in [0.1, 0.15) is 77.9 Å². The summed E-state index contributed by atoms with van der Waals surface area (Å²) in [5.41, 5.74) is 1.88. The molecule has 3 aromatic carbocycles. The number of carbonyl (C=O) groups is 6. The summed E-state index contributed by atoms with van der Waals surface area (Å²) in [5.74, 6) is -3.84. The molecule has 0 spiro atoms. The standard InChI is InChI=1S/C46H58N6O14/c1-22-40(58)48-23(2)43(61)50(4)31(18-25-8-12-28(64-7)13-9-25)42(60)49-24(3)44(62)52(6)33-20-26-10-14-34(54)29(16-26)30-17-27(19-32(41(59)47-22)51(5)45(33)63)11-15-35(30)65-46-39(57)38(56)37(55)36(21-53)66-46/h8-17,22-24,31-33,36-39,46,53-57H,18-21H2,1-7H3,(H,47,59)(H,48,58)(H,49,60)/t22-,23+,24+,31+,32+,33+,36-,37-,38+,39-,46-/m1/s1. The van der Waals surface area contributed by atoms with Crippen molar-refractivity contribution in [3.63, 3.8) is 0 Å². The third kappa shape index (κ3) is 10.4. The second-order valence-corrected chi connectivity index (χ2v) is 17.0. The summed E-state index contributed by atoms with van der Waals surface area (Å²) in [4.78, 5) is 88.9. The highest BCUT2D eigenvalue weighted by Crippen LogP contribution is 2.40. The minimum atomic E-state index is -1.77. The van der Waals surface area contributed by atoms with Gasteiger partial charge < -0.3 is 70.4 Å². The average Bonchev–Trinajstić information content (AvgIpc) is 3.30. The summed E-state index contributed by atoms with van der Waals surface area (Å²) < 4.78 is 17.0. The van der Waals surface area contributed by atoms with Crippen molar-refractivity contribution >= 4 is 35.4 Å². The third-order valence-corrected chi connectivity index (χ3v) is 12.5. The third-order valence-electron chi connectivity index (χ3n) is 12.5. The van der Waals surface area contributed by atoms with Gasteiger partial charge in [-0.15, -0.1) is 0 Å². The lowest BCUT2D eigenvalue weighted by molar-refractivity contribution is -0.277. The molecule has 0 aliphatic carbocycles. The maximum Gasteiger partial charge on any atom is 0.246 e. The fourth-order valence-corrected chi connectivity index (χ4v) is 8.32. The summed E-state index contributed by atoms with van der Waals surface area (Å²) in [6.07, 6.45) is -8.43. The first-order valence-corrected chi connectivity index (χ1v) is 21.5. The van der Waals surface area contributed by atoms with Gasteiger partial charge in [0.15, 0.2) is 0 Å². The number of carbonyl (C=O) groups excluding carboxylic acids is 6. The number of fused-ring (bicyclic) bond motifs is 8. The van der Waals surface area contributed by atoms with E-state index in [9.17, 15) is 54.3 Å². The van der Waals surface area contributed by atoms with E-state index in [4.69, 9.17) is 14.2 Å². The molecule has 0 unspecified atom stereocenters. The molecule has 3 heterocycles. The van der Waals surface area contributed by atoms with E-state index in [2.05, 4.69) is 16.0 Å². The van der Waals surface area contributed by atoms with Crippen molar-refractivity contribution in [2.45, 2.75) is 107 Å². The molecule has 0 saturated carbocycles. The molecule has 66 heavy (non-hydrogen) atoms. The number of phenols is 1. The number of nitrogens with one attached hydrogen (secondary N) is 3. The largest absolute Gasteiger partial charge is 0.507 e. The summed E-state index contributed by atoms with van der Waals surface area (Å²) in [7, 11) is 5.69. The Morgan fingerprint density at radius 3 is 1.85 bits per heavy atom. The Balaban J connectivity index is 1.43. The van der Waals surface area contributed by atoms with E-state index in [0.29, 0.717) is 22.4 Å². The van der Waals surface area contributed by atoms with E-state index in [-0.39, 0.29) is 41.9 Å². The Bertz CT molecular complexity index is 2310.